The zero-order valence-electron chi connectivity index (χ0n) is 11.2. The highest BCUT2D eigenvalue weighted by Crippen LogP contribution is 2.37. The maximum atomic E-state index is 12.2. The van der Waals surface area contributed by atoms with Crippen molar-refractivity contribution in [1.29, 1.82) is 0 Å². The molecule has 0 bridgehead atoms. The Balaban J connectivity index is 2.13. The molecule has 1 aromatic rings. The van der Waals surface area contributed by atoms with E-state index in [9.17, 15) is 9.59 Å². The molecule has 2 amide bonds. The van der Waals surface area contributed by atoms with Crippen molar-refractivity contribution >= 4 is 29.3 Å². The average molecular weight is 279 g/mol. The van der Waals surface area contributed by atoms with E-state index in [-0.39, 0.29) is 24.3 Å². The van der Waals surface area contributed by atoms with Crippen molar-refractivity contribution in [3.8, 4) is 0 Å². The van der Waals surface area contributed by atoms with E-state index < -0.39 is 5.25 Å². The fourth-order valence-electron chi connectivity index (χ4n) is 1.93. The molecular weight excluding hydrogens is 262 g/mol. The van der Waals surface area contributed by atoms with E-state index in [2.05, 4.69) is 10.3 Å². The SMILES string of the molecule is CC(C)NC(=O)CC1Sc2ncccc2N(C)C1=O. The van der Waals surface area contributed by atoms with E-state index in [1.165, 1.54) is 11.8 Å². The summed E-state index contributed by atoms with van der Waals surface area (Å²) in [5.74, 6) is -0.155. The van der Waals surface area contributed by atoms with Crippen LogP contribution >= 0.6 is 11.8 Å². The van der Waals surface area contributed by atoms with Crippen LogP contribution in [0.3, 0.4) is 0 Å². The molecule has 6 heteroatoms. The van der Waals surface area contributed by atoms with Crippen molar-refractivity contribution in [3.05, 3.63) is 18.3 Å². The number of nitrogens with zero attached hydrogens (tertiary/aromatic N) is 2. The second kappa shape index (κ2) is 5.61. The number of thioether (sulfide) groups is 1. The number of amides is 2. The van der Waals surface area contributed by atoms with Gasteiger partial charge >= 0.3 is 0 Å². The fraction of sp³-hybridized carbons (Fsp3) is 0.462. The maximum Gasteiger partial charge on any atom is 0.240 e. The van der Waals surface area contributed by atoms with Gasteiger partial charge in [-0.25, -0.2) is 4.98 Å². The van der Waals surface area contributed by atoms with Gasteiger partial charge in [0, 0.05) is 25.7 Å². The van der Waals surface area contributed by atoms with Crippen molar-refractivity contribution in [2.75, 3.05) is 11.9 Å². The fourth-order valence-corrected chi connectivity index (χ4v) is 3.14. The van der Waals surface area contributed by atoms with Crippen molar-refractivity contribution in [3.63, 3.8) is 0 Å². The van der Waals surface area contributed by atoms with Crippen LogP contribution in [0.1, 0.15) is 20.3 Å². The van der Waals surface area contributed by atoms with Gasteiger partial charge in [0.05, 0.1) is 10.9 Å². The van der Waals surface area contributed by atoms with E-state index in [0.717, 1.165) is 10.7 Å². The number of hydrogen-bond donors (Lipinski definition) is 1. The van der Waals surface area contributed by atoms with Gasteiger partial charge in [-0.3, -0.25) is 9.59 Å². The summed E-state index contributed by atoms with van der Waals surface area (Å²) in [5.41, 5.74) is 0.804. The second-order valence-corrected chi connectivity index (χ2v) is 5.95. The molecule has 0 aliphatic carbocycles. The summed E-state index contributed by atoms with van der Waals surface area (Å²) in [6.45, 7) is 3.80. The zero-order chi connectivity index (χ0) is 14.0. The molecule has 2 rings (SSSR count). The lowest BCUT2D eigenvalue weighted by Gasteiger charge is -2.29. The molecule has 19 heavy (non-hydrogen) atoms. The van der Waals surface area contributed by atoms with Crippen molar-refractivity contribution < 1.29 is 9.59 Å². The molecule has 5 nitrogen and oxygen atoms in total. The normalized spacial score (nSPS) is 18.4. The first kappa shape index (κ1) is 13.9. The van der Waals surface area contributed by atoms with E-state index in [1.807, 2.05) is 19.9 Å². The van der Waals surface area contributed by atoms with Crippen LogP contribution in [-0.2, 0) is 9.59 Å². The van der Waals surface area contributed by atoms with Gasteiger partial charge < -0.3 is 10.2 Å². The molecule has 0 saturated carbocycles. The van der Waals surface area contributed by atoms with Crippen LogP contribution in [0.25, 0.3) is 0 Å². The van der Waals surface area contributed by atoms with Gasteiger partial charge in [0.2, 0.25) is 11.8 Å². The molecule has 1 atom stereocenters. The lowest BCUT2D eigenvalue weighted by molar-refractivity contribution is -0.125. The van der Waals surface area contributed by atoms with Crippen LogP contribution in [0.15, 0.2) is 23.4 Å². The number of fused-ring (bicyclic) bond motifs is 1. The molecule has 1 aliphatic heterocycles. The van der Waals surface area contributed by atoms with Gasteiger partial charge in [0.15, 0.2) is 0 Å². The molecule has 1 aliphatic rings. The van der Waals surface area contributed by atoms with E-state index in [1.54, 1.807) is 24.2 Å². The minimum atomic E-state index is -0.397. The summed E-state index contributed by atoms with van der Waals surface area (Å²) in [6.07, 6.45) is 1.88. The number of rotatable bonds is 3. The van der Waals surface area contributed by atoms with Gasteiger partial charge in [-0.15, -0.1) is 0 Å². The summed E-state index contributed by atoms with van der Waals surface area (Å²) >= 11 is 1.36. The third-order valence-electron chi connectivity index (χ3n) is 2.79. The minimum Gasteiger partial charge on any atom is -0.354 e. The Labute approximate surface area is 116 Å². The molecule has 102 valence electrons. The zero-order valence-corrected chi connectivity index (χ0v) is 12.0. The third kappa shape index (κ3) is 3.07. The Morgan fingerprint density at radius 1 is 1.58 bits per heavy atom. The van der Waals surface area contributed by atoms with Gasteiger partial charge in [0.25, 0.3) is 0 Å². The third-order valence-corrected chi connectivity index (χ3v) is 3.98. The van der Waals surface area contributed by atoms with Gasteiger partial charge in [0.1, 0.15) is 5.03 Å². The number of carbonyl (C=O) groups is 2. The largest absolute Gasteiger partial charge is 0.354 e. The van der Waals surface area contributed by atoms with Gasteiger partial charge in [-0.05, 0) is 26.0 Å². The predicted octanol–water partition coefficient (Wildman–Crippen LogP) is 1.43. The summed E-state index contributed by atoms with van der Waals surface area (Å²) < 4.78 is 0. The molecule has 0 radical (unpaired) electrons. The Hall–Kier alpha value is -1.56. The number of anilines is 1. The molecule has 1 N–H and O–H groups in total. The van der Waals surface area contributed by atoms with Crippen LogP contribution in [0.2, 0.25) is 0 Å². The summed E-state index contributed by atoms with van der Waals surface area (Å²) in [6, 6.07) is 3.74. The summed E-state index contributed by atoms with van der Waals surface area (Å²) in [4.78, 5) is 29.8. The number of hydrogen-bond acceptors (Lipinski definition) is 4. The van der Waals surface area contributed by atoms with Crippen LogP contribution < -0.4 is 10.2 Å². The van der Waals surface area contributed by atoms with Crippen LogP contribution in [0.5, 0.6) is 0 Å². The molecule has 0 saturated heterocycles. The Morgan fingerprint density at radius 2 is 2.32 bits per heavy atom. The predicted molar refractivity (Wildman–Crippen MR) is 75.2 cm³/mol. The van der Waals surface area contributed by atoms with Crippen molar-refractivity contribution in [2.24, 2.45) is 0 Å². The topological polar surface area (TPSA) is 62.3 Å². The molecular formula is C13H17N3O2S. The molecule has 1 aromatic heterocycles. The smallest absolute Gasteiger partial charge is 0.240 e. The van der Waals surface area contributed by atoms with E-state index in [4.69, 9.17) is 0 Å². The first-order valence-electron chi connectivity index (χ1n) is 6.17. The summed E-state index contributed by atoms with van der Waals surface area (Å²) in [5, 5.41) is 3.21. The number of pyridine rings is 1. The Kier molecular flexibility index (Phi) is 4.09. The Morgan fingerprint density at radius 3 is 3.00 bits per heavy atom. The van der Waals surface area contributed by atoms with E-state index >= 15 is 0 Å². The monoisotopic (exact) mass is 279 g/mol. The van der Waals surface area contributed by atoms with Gasteiger partial charge in [-0.1, -0.05) is 11.8 Å². The minimum absolute atomic E-state index is 0.0515. The first-order chi connectivity index (χ1) is 8.99. The highest BCUT2D eigenvalue weighted by molar-refractivity contribution is 8.00. The van der Waals surface area contributed by atoms with E-state index in [0.29, 0.717) is 0 Å². The van der Waals surface area contributed by atoms with Crippen molar-refractivity contribution in [2.45, 2.75) is 36.6 Å². The molecule has 1 unspecified atom stereocenters. The quantitative estimate of drug-likeness (QED) is 0.909. The second-order valence-electron chi connectivity index (χ2n) is 4.76. The molecule has 0 fully saturated rings. The molecule has 0 spiro atoms. The lowest BCUT2D eigenvalue weighted by Crippen LogP contribution is -2.42. The number of aromatic nitrogens is 1. The maximum absolute atomic E-state index is 12.2. The summed E-state index contributed by atoms with van der Waals surface area (Å²) in [7, 11) is 1.72. The molecule has 0 aromatic carbocycles. The van der Waals surface area contributed by atoms with Crippen molar-refractivity contribution in [1.82, 2.24) is 10.3 Å². The Bertz CT molecular complexity index is 504. The highest BCUT2D eigenvalue weighted by Gasteiger charge is 2.33. The standard InChI is InChI=1S/C13H17N3O2S/c1-8(2)15-11(17)7-10-13(18)16(3)9-5-4-6-14-12(9)19-10/h4-6,8,10H,7H2,1-3H3,(H,15,17). The highest BCUT2D eigenvalue weighted by atomic mass is 32.2. The van der Waals surface area contributed by atoms with Crippen LogP contribution in [-0.4, -0.2) is 35.1 Å². The van der Waals surface area contributed by atoms with Gasteiger partial charge in [-0.2, -0.15) is 0 Å². The first-order valence-corrected chi connectivity index (χ1v) is 7.05. The van der Waals surface area contributed by atoms with Crippen LogP contribution in [0.4, 0.5) is 5.69 Å². The molecule has 2 heterocycles. The lowest BCUT2D eigenvalue weighted by atomic mass is 10.2. The average Bonchev–Trinajstić information content (AvgIpc) is 2.34. The van der Waals surface area contributed by atoms with Crippen LogP contribution in [0, 0.1) is 0 Å². The number of carbonyl (C=O) groups excluding carboxylic acids is 2. The number of nitrogens with one attached hydrogen (secondary N) is 1.